The number of hydrogen-bond donors (Lipinski definition) is 0. The molecule has 0 amide bonds. The number of nitro groups is 1. The Morgan fingerprint density at radius 2 is 1.92 bits per heavy atom. The number of rotatable bonds is 8. The summed E-state index contributed by atoms with van der Waals surface area (Å²) in [4.78, 5) is 10.4. The smallest absolute Gasteiger partial charge is 0.271 e. The van der Waals surface area contributed by atoms with E-state index in [9.17, 15) is 18.5 Å². The number of sulfonamides is 1. The Morgan fingerprint density at radius 1 is 1.27 bits per heavy atom. The van der Waals surface area contributed by atoms with Crippen LogP contribution in [0.2, 0.25) is 5.02 Å². The molecule has 0 radical (unpaired) electrons. The van der Waals surface area contributed by atoms with Crippen LogP contribution in [0, 0.1) is 10.1 Å². The Kier molecular flexibility index (Phi) is 6.23. The summed E-state index contributed by atoms with van der Waals surface area (Å²) in [5, 5.41) is 11.1. The number of benzene rings is 2. The van der Waals surface area contributed by atoms with E-state index in [1.54, 1.807) is 0 Å². The SMILES string of the molecule is C=CCN(c1cc([N+](=O)[O-])ccc1Cl)S(=O)(=O)c1ccc(OCC)cc1. The van der Waals surface area contributed by atoms with Crippen LogP contribution < -0.4 is 9.04 Å². The van der Waals surface area contributed by atoms with Crippen molar-refractivity contribution < 1.29 is 18.1 Å². The monoisotopic (exact) mass is 396 g/mol. The van der Waals surface area contributed by atoms with E-state index in [2.05, 4.69) is 6.58 Å². The van der Waals surface area contributed by atoms with Crippen LogP contribution in [0.25, 0.3) is 0 Å². The van der Waals surface area contributed by atoms with E-state index in [1.165, 1.54) is 42.5 Å². The summed E-state index contributed by atoms with van der Waals surface area (Å²) in [6.07, 6.45) is 1.38. The molecule has 0 aliphatic rings. The lowest BCUT2D eigenvalue weighted by Gasteiger charge is -2.24. The summed E-state index contributed by atoms with van der Waals surface area (Å²) in [6.45, 7) is 5.73. The van der Waals surface area contributed by atoms with Gasteiger partial charge in [0, 0.05) is 12.1 Å². The first-order valence-electron chi connectivity index (χ1n) is 7.61. The van der Waals surface area contributed by atoms with Gasteiger partial charge >= 0.3 is 0 Å². The second-order valence-corrected chi connectivity index (χ2v) is 7.39. The van der Waals surface area contributed by atoms with Crippen molar-refractivity contribution in [2.24, 2.45) is 0 Å². The first-order valence-corrected chi connectivity index (χ1v) is 9.43. The van der Waals surface area contributed by atoms with Gasteiger partial charge in [0.25, 0.3) is 15.7 Å². The molecule has 0 saturated carbocycles. The summed E-state index contributed by atoms with van der Waals surface area (Å²) < 4.78 is 32.4. The van der Waals surface area contributed by atoms with E-state index in [-0.39, 0.29) is 27.8 Å². The Hall–Kier alpha value is -2.58. The molecule has 9 heteroatoms. The van der Waals surface area contributed by atoms with Crippen molar-refractivity contribution in [3.8, 4) is 5.75 Å². The van der Waals surface area contributed by atoms with Gasteiger partial charge in [-0.2, -0.15) is 0 Å². The van der Waals surface area contributed by atoms with E-state index >= 15 is 0 Å². The summed E-state index contributed by atoms with van der Waals surface area (Å²) in [5.74, 6) is 0.537. The van der Waals surface area contributed by atoms with Gasteiger partial charge in [0.2, 0.25) is 0 Å². The highest BCUT2D eigenvalue weighted by Crippen LogP contribution is 2.34. The molecule has 2 aromatic carbocycles. The fourth-order valence-electron chi connectivity index (χ4n) is 2.25. The number of non-ortho nitro benzene ring substituents is 1. The Morgan fingerprint density at radius 3 is 2.46 bits per heavy atom. The van der Waals surface area contributed by atoms with Gasteiger partial charge in [0.05, 0.1) is 33.7 Å². The quantitative estimate of drug-likeness (QED) is 0.381. The molecule has 2 aromatic rings. The van der Waals surface area contributed by atoms with Crippen molar-refractivity contribution in [3.63, 3.8) is 0 Å². The van der Waals surface area contributed by atoms with E-state index in [4.69, 9.17) is 16.3 Å². The zero-order valence-corrected chi connectivity index (χ0v) is 15.5. The van der Waals surface area contributed by atoms with Crippen LogP contribution in [0.4, 0.5) is 11.4 Å². The lowest BCUT2D eigenvalue weighted by molar-refractivity contribution is -0.384. The molecule has 0 aliphatic heterocycles. The lowest BCUT2D eigenvalue weighted by atomic mass is 10.3. The molecule has 0 aromatic heterocycles. The van der Waals surface area contributed by atoms with Crippen molar-refractivity contribution in [2.45, 2.75) is 11.8 Å². The van der Waals surface area contributed by atoms with Crippen molar-refractivity contribution in [1.29, 1.82) is 0 Å². The molecule has 138 valence electrons. The van der Waals surface area contributed by atoms with Crippen LogP contribution in [-0.4, -0.2) is 26.5 Å². The minimum Gasteiger partial charge on any atom is -0.494 e. The van der Waals surface area contributed by atoms with E-state index < -0.39 is 14.9 Å². The topological polar surface area (TPSA) is 89.8 Å². The minimum atomic E-state index is -4.01. The fourth-order valence-corrected chi connectivity index (χ4v) is 3.97. The standard InChI is InChI=1S/C17H17ClN2O5S/c1-3-11-19(17-12-13(20(21)22)5-10-16(17)18)26(23,24)15-8-6-14(7-9-15)25-4-2/h3,5-10,12H,1,4,11H2,2H3. The molecule has 26 heavy (non-hydrogen) atoms. The van der Waals surface area contributed by atoms with E-state index in [0.29, 0.717) is 12.4 Å². The molecule has 0 spiro atoms. The third kappa shape index (κ3) is 4.14. The lowest BCUT2D eigenvalue weighted by Crippen LogP contribution is -2.31. The van der Waals surface area contributed by atoms with Gasteiger partial charge in [0.1, 0.15) is 5.75 Å². The second-order valence-electron chi connectivity index (χ2n) is 5.12. The van der Waals surface area contributed by atoms with Gasteiger partial charge < -0.3 is 4.74 Å². The number of ether oxygens (including phenoxy) is 1. The number of nitro benzene ring substituents is 1. The largest absolute Gasteiger partial charge is 0.494 e. The number of anilines is 1. The number of halogens is 1. The Labute approximate surface area is 156 Å². The van der Waals surface area contributed by atoms with Gasteiger partial charge in [0.15, 0.2) is 0 Å². The molecule has 0 atom stereocenters. The van der Waals surface area contributed by atoms with Crippen LogP contribution in [0.15, 0.2) is 60.0 Å². The number of nitrogens with zero attached hydrogens (tertiary/aromatic N) is 2. The predicted molar refractivity (Wildman–Crippen MR) is 100 cm³/mol. The van der Waals surface area contributed by atoms with Gasteiger partial charge in [-0.15, -0.1) is 6.58 Å². The molecular weight excluding hydrogens is 380 g/mol. The van der Waals surface area contributed by atoms with Gasteiger partial charge in [-0.25, -0.2) is 8.42 Å². The summed E-state index contributed by atoms with van der Waals surface area (Å²) in [6, 6.07) is 9.51. The molecule has 0 bridgehead atoms. The summed E-state index contributed by atoms with van der Waals surface area (Å²) in [5.41, 5.74) is -0.255. The van der Waals surface area contributed by atoms with Crippen LogP contribution in [0.3, 0.4) is 0 Å². The maximum Gasteiger partial charge on any atom is 0.271 e. The molecular formula is C17H17ClN2O5S. The fraction of sp³-hybridized carbons (Fsp3) is 0.176. The van der Waals surface area contributed by atoms with Crippen molar-refractivity contribution in [1.82, 2.24) is 0 Å². The average molecular weight is 397 g/mol. The molecule has 2 rings (SSSR count). The molecule has 0 saturated heterocycles. The predicted octanol–water partition coefficient (Wildman–Crippen LogP) is 4.03. The third-order valence-electron chi connectivity index (χ3n) is 3.43. The van der Waals surface area contributed by atoms with Crippen LogP contribution in [0.5, 0.6) is 5.75 Å². The van der Waals surface area contributed by atoms with Gasteiger partial charge in [-0.05, 0) is 37.3 Å². The maximum atomic E-state index is 13.0. The van der Waals surface area contributed by atoms with Crippen molar-refractivity contribution in [3.05, 3.63) is 70.3 Å². The highest BCUT2D eigenvalue weighted by molar-refractivity contribution is 7.92. The first-order chi connectivity index (χ1) is 12.3. The van der Waals surface area contributed by atoms with Crippen molar-refractivity contribution in [2.75, 3.05) is 17.5 Å². The first kappa shape index (κ1) is 19.7. The third-order valence-corrected chi connectivity index (χ3v) is 5.54. The summed E-state index contributed by atoms with van der Waals surface area (Å²) >= 11 is 6.11. The Bertz CT molecular complexity index is 913. The van der Waals surface area contributed by atoms with Crippen LogP contribution in [0.1, 0.15) is 6.92 Å². The highest BCUT2D eigenvalue weighted by atomic mass is 35.5. The molecule has 0 fully saturated rings. The highest BCUT2D eigenvalue weighted by Gasteiger charge is 2.27. The van der Waals surface area contributed by atoms with Gasteiger partial charge in [-0.3, -0.25) is 14.4 Å². The maximum absolute atomic E-state index is 13.0. The van der Waals surface area contributed by atoms with Crippen LogP contribution >= 0.6 is 11.6 Å². The normalized spacial score (nSPS) is 11.0. The zero-order valence-electron chi connectivity index (χ0n) is 14.0. The molecule has 7 nitrogen and oxygen atoms in total. The van der Waals surface area contributed by atoms with E-state index in [0.717, 1.165) is 10.4 Å². The van der Waals surface area contributed by atoms with E-state index in [1.807, 2.05) is 6.92 Å². The molecule has 0 N–H and O–H groups in total. The average Bonchev–Trinajstić information content (AvgIpc) is 2.61. The molecule has 0 heterocycles. The molecule has 0 unspecified atom stereocenters. The van der Waals surface area contributed by atoms with Gasteiger partial charge in [-0.1, -0.05) is 17.7 Å². The zero-order chi connectivity index (χ0) is 19.3. The Balaban J connectivity index is 2.53. The molecule has 0 aliphatic carbocycles. The minimum absolute atomic E-state index is 0.00498. The van der Waals surface area contributed by atoms with Crippen LogP contribution in [-0.2, 0) is 10.0 Å². The second kappa shape index (κ2) is 8.20. The summed E-state index contributed by atoms with van der Waals surface area (Å²) in [7, 11) is -4.01. The van der Waals surface area contributed by atoms with Crippen molar-refractivity contribution >= 4 is 33.0 Å². The number of hydrogen-bond acceptors (Lipinski definition) is 5.